The monoisotopic (exact) mass is 426 g/mol. The second kappa shape index (κ2) is 9.57. The largest absolute Gasteiger partial charge is 0.508 e. The lowest BCUT2D eigenvalue weighted by atomic mass is 9.88. The van der Waals surface area contributed by atoms with Gasteiger partial charge >= 0.3 is 0 Å². The van der Waals surface area contributed by atoms with Crippen molar-refractivity contribution in [3.05, 3.63) is 69.3 Å². The van der Waals surface area contributed by atoms with Gasteiger partial charge in [-0.2, -0.15) is 0 Å². The lowest BCUT2D eigenvalue weighted by Gasteiger charge is -2.38. The topological polar surface area (TPSA) is 130 Å². The van der Waals surface area contributed by atoms with Crippen LogP contribution in [0.4, 0.5) is 5.69 Å². The number of nitrogens with zero attached hydrogens (tertiary/aromatic N) is 3. The number of benzene rings is 2. The number of phenols is 1. The molecule has 164 valence electrons. The first-order valence-corrected chi connectivity index (χ1v) is 10.2. The number of hydrogen-bond donors (Lipinski definition) is 2. The number of phenolic OH excluding ortho intramolecular Hbond substituents is 1. The molecule has 0 fully saturated rings. The standard InChI is InChI=1S/C22H26N4O5/c1-2-10-24(13-20(23)28)21(29)14-25-11-9-16-12-18(27)7-8-19(16)22(25)15-3-5-17(6-4-15)26(30)31/h3-8,12,22,27H,2,9-11,13-14H2,1H3,(H2,23,28). The minimum absolute atomic E-state index is 0.0105. The number of non-ortho nitro benzene ring substituents is 1. The predicted octanol–water partition coefficient (Wildman–Crippen LogP) is 1.97. The highest BCUT2D eigenvalue weighted by Crippen LogP contribution is 2.37. The van der Waals surface area contributed by atoms with Crippen LogP contribution >= 0.6 is 0 Å². The zero-order valence-corrected chi connectivity index (χ0v) is 17.4. The number of nitro groups is 1. The summed E-state index contributed by atoms with van der Waals surface area (Å²) in [6.45, 7) is 2.86. The van der Waals surface area contributed by atoms with Gasteiger partial charge in [-0.25, -0.2) is 0 Å². The van der Waals surface area contributed by atoms with Gasteiger partial charge in [0.2, 0.25) is 11.8 Å². The van der Waals surface area contributed by atoms with Crippen molar-refractivity contribution < 1.29 is 19.6 Å². The van der Waals surface area contributed by atoms with E-state index in [2.05, 4.69) is 0 Å². The molecule has 1 atom stereocenters. The Labute approximate surface area is 180 Å². The van der Waals surface area contributed by atoms with Gasteiger partial charge in [-0.05, 0) is 41.7 Å². The van der Waals surface area contributed by atoms with E-state index in [0.29, 0.717) is 25.9 Å². The first-order chi connectivity index (χ1) is 14.8. The highest BCUT2D eigenvalue weighted by atomic mass is 16.6. The predicted molar refractivity (Wildman–Crippen MR) is 114 cm³/mol. The van der Waals surface area contributed by atoms with Gasteiger partial charge < -0.3 is 15.7 Å². The zero-order valence-electron chi connectivity index (χ0n) is 17.4. The van der Waals surface area contributed by atoms with Crippen LogP contribution in [0.1, 0.15) is 36.1 Å². The maximum Gasteiger partial charge on any atom is 0.269 e. The first kappa shape index (κ1) is 22.2. The summed E-state index contributed by atoms with van der Waals surface area (Å²) in [6.07, 6.45) is 1.34. The molecule has 1 unspecified atom stereocenters. The number of carbonyl (C=O) groups excluding carboxylic acids is 2. The molecular formula is C22H26N4O5. The third-order valence-corrected chi connectivity index (χ3v) is 5.41. The van der Waals surface area contributed by atoms with Gasteiger partial charge in [0.25, 0.3) is 5.69 Å². The van der Waals surface area contributed by atoms with Crippen molar-refractivity contribution in [3.8, 4) is 5.75 Å². The van der Waals surface area contributed by atoms with Gasteiger partial charge in [0.1, 0.15) is 5.75 Å². The van der Waals surface area contributed by atoms with E-state index in [0.717, 1.165) is 16.7 Å². The minimum Gasteiger partial charge on any atom is -0.508 e. The SMILES string of the molecule is CCCN(CC(N)=O)C(=O)CN1CCc2cc(O)ccc2C1c1ccc([N+](=O)[O-])cc1. The number of nitro benzene ring substituents is 1. The molecule has 3 N–H and O–H groups in total. The van der Waals surface area contributed by atoms with E-state index in [-0.39, 0.29) is 36.5 Å². The molecule has 2 aromatic rings. The number of amides is 2. The van der Waals surface area contributed by atoms with Crippen LogP contribution in [-0.2, 0) is 16.0 Å². The lowest BCUT2D eigenvalue weighted by Crippen LogP contribution is -2.47. The minimum atomic E-state index is -0.562. The maximum absolute atomic E-state index is 13.0. The van der Waals surface area contributed by atoms with E-state index in [1.165, 1.54) is 17.0 Å². The molecule has 9 heteroatoms. The highest BCUT2D eigenvalue weighted by molar-refractivity contribution is 5.85. The summed E-state index contributed by atoms with van der Waals surface area (Å²) in [5.74, 6) is -0.593. The molecule has 0 saturated heterocycles. The average molecular weight is 426 g/mol. The molecule has 0 aliphatic carbocycles. The number of primary amides is 1. The van der Waals surface area contributed by atoms with Crippen molar-refractivity contribution in [2.75, 3.05) is 26.2 Å². The summed E-state index contributed by atoms with van der Waals surface area (Å²) in [5.41, 5.74) is 8.00. The van der Waals surface area contributed by atoms with E-state index in [1.807, 2.05) is 17.9 Å². The Bertz CT molecular complexity index is 976. The lowest BCUT2D eigenvalue weighted by molar-refractivity contribution is -0.384. The fourth-order valence-electron chi connectivity index (χ4n) is 4.03. The van der Waals surface area contributed by atoms with Gasteiger partial charge in [-0.15, -0.1) is 0 Å². The van der Waals surface area contributed by atoms with Crippen molar-refractivity contribution in [2.24, 2.45) is 5.73 Å². The van der Waals surface area contributed by atoms with Crippen molar-refractivity contribution >= 4 is 17.5 Å². The Hall–Kier alpha value is -3.46. The third kappa shape index (κ3) is 5.18. The van der Waals surface area contributed by atoms with Gasteiger partial charge in [0.05, 0.1) is 24.1 Å². The summed E-state index contributed by atoms with van der Waals surface area (Å²) < 4.78 is 0. The van der Waals surface area contributed by atoms with Crippen molar-refractivity contribution in [2.45, 2.75) is 25.8 Å². The van der Waals surface area contributed by atoms with Crippen molar-refractivity contribution in [1.82, 2.24) is 9.80 Å². The number of fused-ring (bicyclic) bond motifs is 1. The van der Waals surface area contributed by atoms with E-state index in [4.69, 9.17) is 5.73 Å². The molecule has 1 heterocycles. The van der Waals surface area contributed by atoms with Gasteiger partial charge in [0, 0.05) is 25.2 Å². The Kier molecular flexibility index (Phi) is 6.86. The second-order valence-corrected chi connectivity index (χ2v) is 7.64. The van der Waals surface area contributed by atoms with E-state index in [1.54, 1.807) is 24.3 Å². The summed E-state index contributed by atoms with van der Waals surface area (Å²) in [4.78, 5) is 38.4. The zero-order chi connectivity index (χ0) is 22.5. The molecule has 0 saturated carbocycles. The average Bonchev–Trinajstić information content (AvgIpc) is 2.73. The molecular weight excluding hydrogens is 400 g/mol. The summed E-state index contributed by atoms with van der Waals surface area (Å²) >= 11 is 0. The smallest absolute Gasteiger partial charge is 0.269 e. The Balaban J connectivity index is 1.94. The molecule has 0 radical (unpaired) electrons. The quantitative estimate of drug-likeness (QED) is 0.490. The van der Waals surface area contributed by atoms with Crippen LogP contribution in [0.15, 0.2) is 42.5 Å². The summed E-state index contributed by atoms with van der Waals surface area (Å²) in [6, 6.07) is 11.1. The fraction of sp³-hybridized carbons (Fsp3) is 0.364. The van der Waals surface area contributed by atoms with E-state index in [9.17, 15) is 24.8 Å². The van der Waals surface area contributed by atoms with Crippen LogP contribution in [0.25, 0.3) is 0 Å². The number of hydrogen-bond acceptors (Lipinski definition) is 6. The Morgan fingerprint density at radius 2 is 1.97 bits per heavy atom. The number of carbonyl (C=O) groups is 2. The van der Waals surface area contributed by atoms with Crippen LogP contribution in [0.5, 0.6) is 5.75 Å². The molecule has 2 aromatic carbocycles. The van der Waals surface area contributed by atoms with Gasteiger partial charge in [0.15, 0.2) is 0 Å². The molecule has 3 rings (SSSR count). The normalized spacial score (nSPS) is 15.8. The number of rotatable bonds is 8. The molecule has 0 aromatic heterocycles. The summed E-state index contributed by atoms with van der Waals surface area (Å²) in [7, 11) is 0. The van der Waals surface area contributed by atoms with Gasteiger partial charge in [-0.3, -0.25) is 24.6 Å². The summed E-state index contributed by atoms with van der Waals surface area (Å²) in [5, 5.41) is 20.9. The van der Waals surface area contributed by atoms with Crippen LogP contribution in [0, 0.1) is 10.1 Å². The van der Waals surface area contributed by atoms with Crippen LogP contribution in [-0.4, -0.2) is 57.8 Å². The molecule has 9 nitrogen and oxygen atoms in total. The van der Waals surface area contributed by atoms with E-state index >= 15 is 0 Å². The Morgan fingerprint density at radius 1 is 1.26 bits per heavy atom. The molecule has 0 spiro atoms. The first-order valence-electron chi connectivity index (χ1n) is 10.2. The van der Waals surface area contributed by atoms with Crippen molar-refractivity contribution in [1.29, 1.82) is 0 Å². The van der Waals surface area contributed by atoms with E-state index < -0.39 is 10.8 Å². The molecule has 2 amide bonds. The van der Waals surface area contributed by atoms with Crippen molar-refractivity contribution in [3.63, 3.8) is 0 Å². The number of nitrogens with two attached hydrogens (primary N) is 1. The molecule has 1 aliphatic heterocycles. The third-order valence-electron chi connectivity index (χ3n) is 5.41. The molecule has 31 heavy (non-hydrogen) atoms. The van der Waals surface area contributed by atoms with Crippen LogP contribution in [0.3, 0.4) is 0 Å². The number of aromatic hydroxyl groups is 1. The Morgan fingerprint density at radius 3 is 2.58 bits per heavy atom. The van der Waals surface area contributed by atoms with Crippen LogP contribution < -0.4 is 5.73 Å². The fourth-order valence-corrected chi connectivity index (χ4v) is 4.03. The van der Waals surface area contributed by atoms with Crippen LogP contribution in [0.2, 0.25) is 0 Å². The molecule has 1 aliphatic rings. The maximum atomic E-state index is 13.0. The van der Waals surface area contributed by atoms with Gasteiger partial charge in [-0.1, -0.05) is 25.1 Å². The molecule has 0 bridgehead atoms. The highest BCUT2D eigenvalue weighted by Gasteiger charge is 2.31. The second-order valence-electron chi connectivity index (χ2n) is 7.64.